The van der Waals surface area contributed by atoms with Gasteiger partial charge < -0.3 is 43.4 Å². The molecular formula is C47H61BrO16. The van der Waals surface area contributed by atoms with E-state index in [9.17, 15) is 33.6 Å². The third kappa shape index (κ3) is 35.9. The van der Waals surface area contributed by atoms with Gasteiger partial charge in [0.15, 0.2) is 0 Å². The number of carboxylic acid groups (broad SMARTS) is 2. The van der Waals surface area contributed by atoms with Crippen LogP contribution in [0.2, 0.25) is 0 Å². The van der Waals surface area contributed by atoms with E-state index >= 15 is 0 Å². The predicted octanol–water partition coefficient (Wildman–Crippen LogP) is 7.55. The standard InChI is InChI=1S/C30H38O9.C13H17BrO2.C4H6O5/c31-27(38-21-25-13-5-1-6-14-25)17-9-3-11-19-36-29(33)23-35-24-30(34)37-20-12-4-10-18-28(32)39-22-26-15-7-2-8-16-26;14-10-6-2-5-9-13(15)16-11-12-7-3-1-4-8-12;5-3(6)1-9-2-4(7)8/h1-2,5-8,13-16H,3-4,9-12,17-24H2;1,3-4,7-8H,2,5-6,9-11H2;1-2H2,(H,5,6)(H,7,8). The first kappa shape index (κ1) is 56.4. The molecule has 0 amide bonds. The van der Waals surface area contributed by atoms with E-state index in [1.165, 1.54) is 0 Å². The summed E-state index contributed by atoms with van der Waals surface area (Å²) in [5.41, 5.74) is 2.93. The number of aliphatic carboxylic acids is 2. The minimum absolute atomic E-state index is 0.0987. The van der Waals surface area contributed by atoms with E-state index in [-0.39, 0.29) is 57.5 Å². The van der Waals surface area contributed by atoms with E-state index in [1.807, 2.05) is 91.0 Å². The highest BCUT2D eigenvalue weighted by atomic mass is 79.9. The van der Waals surface area contributed by atoms with E-state index in [1.54, 1.807) is 0 Å². The maximum Gasteiger partial charge on any atom is 0.332 e. The molecular weight excluding hydrogens is 900 g/mol. The Hall–Kier alpha value is -5.65. The first-order valence-electron chi connectivity index (χ1n) is 21.0. The number of esters is 5. The zero-order valence-corrected chi connectivity index (χ0v) is 37.8. The molecule has 0 aliphatic rings. The molecule has 0 heterocycles. The molecule has 3 aromatic carbocycles. The van der Waals surface area contributed by atoms with Crippen LogP contribution in [0, 0.1) is 0 Å². The minimum atomic E-state index is -1.17. The van der Waals surface area contributed by atoms with E-state index in [4.69, 9.17) is 38.6 Å². The van der Waals surface area contributed by atoms with Crippen LogP contribution in [0.1, 0.15) is 93.7 Å². The van der Waals surface area contributed by atoms with Crippen LogP contribution >= 0.6 is 15.9 Å². The zero-order chi connectivity index (χ0) is 46.9. The predicted molar refractivity (Wildman–Crippen MR) is 237 cm³/mol. The van der Waals surface area contributed by atoms with Crippen molar-refractivity contribution in [3.63, 3.8) is 0 Å². The van der Waals surface area contributed by atoms with Crippen LogP contribution in [0.15, 0.2) is 91.0 Å². The van der Waals surface area contributed by atoms with Gasteiger partial charge in [-0.15, -0.1) is 0 Å². The minimum Gasteiger partial charge on any atom is -0.480 e. The normalized spacial score (nSPS) is 10.1. The molecule has 2 N–H and O–H groups in total. The van der Waals surface area contributed by atoms with Gasteiger partial charge in [-0.25, -0.2) is 19.2 Å². The van der Waals surface area contributed by atoms with Crippen molar-refractivity contribution in [2.45, 2.75) is 96.9 Å². The first-order chi connectivity index (χ1) is 31.0. The van der Waals surface area contributed by atoms with E-state index in [0.717, 1.165) is 54.1 Å². The molecule has 0 unspecified atom stereocenters. The van der Waals surface area contributed by atoms with Crippen molar-refractivity contribution in [3.05, 3.63) is 108 Å². The van der Waals surface area contributed by atoms with Gasteiger partial charge in [0.2, 0.25) is 0 Å². The first-order valence-corrected chi connectivity index (χ1v) is 22.2. The molecule has 0 saturated carbocycles. The van der Waals surface area contributed by atoms with Gasteiger partial charge >= 0.3 is 41.8 Å². The lowest BCUT2D eigenvalue weighted by Gasteiger charge is -2.07. The Balaban J connectivity index is 0.000000665. The smallest absolute Gasteiger partial charge is 0.332 e. The van der Waals surface area contributed by atoms with Crippen molar-refractivity contribution in [2.24, 2.45) is 0 Å². The van der Waals surface area contributed by atoms with Crippen LogP contribution in [-0.4, -0.2) is 97.0 Å². The number of benzene rings is 3. The average Bonchev–Trinajstić information content (AvgIpc) is 3.29. The fraction of sp³-hybridized carbons (Fsp3) is 0.468. The number of carbonyl (C=O) groups is 7. The molecule has 352 valence electrons. The molecule has 0 radical (unpaired) electrons. The number of hydrogen-bond acceptors (Lipinski definition) is 14. The van der Waals surface area contributed by atoms with Crippen LogP contribution in [-0.2, 0) is 86.5 Å². The Bertz CT molecular complexity index is 1630. The highest BCUT2D eigenvalue weighted by Crippen LogP contribution is 2.08. The quantitative estimate of drug-likeness (QED) is 0.0275. The number of ether oxygens (including phenoxy) is 7. The summed E-state index contributed by atoms with van der Waals surface area (Å²) in [4.78, 5) is 77.6. The van der Waals surface area contributed by atoms with Gasteiger partial charge in [-0.1, -0.05) is 113 Å². The summed E-state index contributed by atoms with van der Waals surface area (Å²) in [5, 5.41) is 16.8. The second-order valence-electron chi connectivity index (χ2n) is 13.8. The van der Waals surface area contributed by atoms with Gasteiger partial charge in [-0.2, -0.15) is 0 Å². The SMILES string of the molecule is O=C(CCCCCBr)OCc1ccccc1.O=C(CCCCCOC(=O)COCC(=O)OCCCCCC(=O)OCc1ccccc1)OCc1ccccc1.O=C(O)COCC(=O)O. The largest absolute Gasteiger partial charge is 0.480 e. The lowest BCUT2D eigenvalue weighted by molar-refractivity contribution is -0.156. The average molecular weight is 962 g/mol. The van der Waals surface area contributed by atoms with Gasteiger partial charge in [0.25, 0.3) is 0 Å². The van der Waals surface area contributed by atoms with Gasteiger partial charge in [0.1, 0.15) is 46.2 Å². The molecule has 3 rings (SSSR count). The molecule has 3 aromatic rings. The van der Waals surface area contributed by atoms with Gasteiger partial charge in [0.05, 0.1) is 13.2 Å². The van der Waals surface area contributed by atoms with Crippen molar-refractivity contribution in [1.82, 2.24) is 0 Å². The van der Waals surface area contributed by atoms with Gasteiger partial charge in [-0.3, -0.25) is 14.4 Å². The number of hydrogen-bond donors (Lipinski definition) is 2. The second kappa shape index (κ2) is 39.0. The summed E-state index contributed by atoms with van der Waals surface area (Å²) in [6.45, 7) is -0.469. The monoisotopic (exact) mass is 960 g/mol. The number of halogens is 1. The van der Waals surface area contributed by atoms with Crippen molar-refractivity contribution in [2.75, 3.05) is 45.0 Å². The molecule has 0 bridgehead atoms. The molecule has 0 aromatic heterocycles. The molecule has 0 spiro atoms. The van der Waals surface area contributed by atoms with E-state index in [2.05, 4.69) is 20.7 Å². The molecule has 17 heteroatoms. The number of carboxylic acids is 2. The Morgan fingerprint density at radius 2 is 0.688 bits per heavy atom. The molecule has 0 fully saturated rings. The van der Waals surface area contributed by atoms with E-state index < -0.39 is 37.1 Å². The molecule has 0 atom stereocenters. The fourth-order valence-corrected chi connectivity index (χ4v) is 5.36. The number of alkyl halides is 1. The third-order valence-corrected chi connectivity index (χ3v) is 8.77. The summed E-state index contributed by atoms with van der Waals surface area (Å²) >= 11 is 3.36. The van der Waals surface area contributed by atoms with Crippen molar-refractivity contribution in [3.8, 4) is 0 Å². The summed E-state index contributed by atoms with van der Waals surface area (Å²) in [6.07, 6.45) is 8.22. The third-order valence-electron chi connectivity index (χ3n) is 8.21. The molecule has 64 heavy (non-hydrogen) atoms. The topological polar surface area (TPSA) is 225 Å². The van der Waals surface area contributed by atoms with Crippen LogP contribution < -0.4 is 0 Å². The Kier molecular flexibility index (Phi) is 34.3. The van der Waals surface area contributed by atoms with Gasteiger partial charge in [-0.05, 0) is 68.1 Å². The second-order valence-corrected chi connectivity index (χ2v) is 14.6. The lowest BCUT2D eigenvalue weighted by atomic mass is 10.2. The maximum absolute atomic E-state index is 11.8. The Labute approximate surface area is 383 Å². The Morgan fingerprint density at radius 3 is 1.00 bits per heavy atom. The lowest BCUT2D eigenvalue weighted by Crippen LogP contribution is -2.19. The van der Waals surface area contributed by atoms with Crippen LogP contribution in [0.5, 0.6) is 0 Å². The summed E-state index contributed by atoms with van der Waals surface area (Å²) in [6, 6.07) is 28.7. The Morgan fingerprint density at radius 1 is 0.375 bits per heavy atom. The molecule has 0 aliphatic heterocycles. The fourth-order valence-electron chi connectivity index (χ4n) is 4.97. The molecule has 0 aliphatic carbocycles. The number of rotatable bonds is 31. The van der Waals surface area contributed by atoms with Gasteiger partial charge in [0, 0.05) is 24.6 Å². The molecule has 0 saturated heterocycles. The number of unbranched alkanes of at least 4 members (excludes halogenated alkanes) is 6. The van der Waals surface area contributed by atoms with Crippen molar-refractivity contribution >= 4 is 57.7 Å². The number of carbonyl (C=O) groups excluding carboxylic acids is 5. The maximum atomic E-state index is 11.8. The molecule has 16 nitrogen and oxygen atoms in total. The zero-order valence-electron chi connectivity index (χ0n) is 36.2. The highest BCUT2D eigenvalue weighted by molar-refractivity contribution is 9.09. The van der Waals surface area contributed by atoms with Crippen molar-refractivity contribution in [1.29, 1.82) is 0 Å². The van der Waals surface area contributed by atoms with Crippen LogP contribution in [0.25, 0.3) is 0 Å². The van der Waals surface area contributed by atoms with E-state index in [0.29, 0.717) is 51.6 Å². The van der Waals surface area contributed by atoms with Crippen LogP contribution in [0.4, 0.5) is 0 Å². The summed E-state index contributed by atoms with van der Waals surface area (Å²) in [5.74, 6) is -4.08. The summed E-state index contributed by atoms with van der Waals surface area (Å²) < 4.78 is 34.9. The van der Waals surface area contributed by atoms with Crippen molar-refractivity contribution < 1.29 is 76.9 Å². The summed E-state index contributed by atoms with van der Waals surface area (Å²) in [7, 11) is 0. The van der Waals surface area contributed by atoms with Crippen LogP contribution in [0.3, 0.4) is 0 Å². The highest BCUT2D eigenvalue weighted by Gasteiger charge is 2.09.